The largest absolute Gasteiger partial charge is 0.494 e. The summed E-state index contributed by atoms with van der Waals surface area (Å²) in [7, 11) is 0. The molecule has 1 fully saturated rings. The molecule has 3 nitrogen and oxygen atoms in total. The predicted octanol–water partition coefficient (Wildman–Crippen LogP) is 4.49. The Kier molecular flexibility index (Phi) is 4.79. The molecule has 0 aliphatic carbocycles. The molecule has 5 heteroatoms. The van der Waals surface area contributed by atoms with Crippen molar-refractivity contribution in [2.24, 2.45) is 0 Å². The van der Waals surface area contributed by atoms with Crippen LogP contribution in [0.1, 0.15) is 12.5 Å². The van der Waals surface area contributed by atoms with Gasteiger partial charge in [0.1, 0.15) is 5.75 Å². The third-order valence-electron chi connectivity index (χ3n) is 3.30. The molecule has 2 aromatic rings. The second-order valence-corrected chi connectivity index (χ2v) is 6.53. The van der Waals surface area contributed by atoms with Gasteiger partial charge in [-0.2, -0.15) is 0 Å². The first-order chi connectivity index (χ1) is 11.2. The first-order valence-electron chi connectivity index (χ1n) is 7.25. The lowest BCUT2D eigenvalue weighted by atomic mass is 10.2. The third kappa shape index (κ3) is 3.46. The van der Waals surface area contributed by atoms with Crippen LogP contribution in [0.5, 0.6) is 5.75 Å². The highest BCUT2D eigenvalue weighted by Gasteiger charge is 2.33. The van der Waals surface area contributed by atoms with E-state index < -0.39 is 0 Å². The van der Waals surface area contributed by atoms with E-state index >= 15 is 0 Å². The number of thiocarbonyl (C=S) groups is 1. The van der Waals surface area contributed by atoms with Crippen LogP contribution in [0.4, 0.5) is 5.69 Å². The van der Waals surface area contributed by atoms with Crippen LogP contribution < -0.4 is 9.64 Å². The lowest BCUT2D eigenvalue weighted by Crippen LogP contribution is -2.27. The number of thioether (sulfide) groups is 1. The van der Waals surface area contributed by atoms with Crippen LogP contribution in [0.15, 0.2) is 59.5 Å². The highest BCUT2D eigenvalue weighted by Crippen LogP contribution is 2.36. The molecule has 2 aromatic carbocycles. The lowest BCUT2D eigenvalue weighted by Gasteiger charge is -2.15. The zero-order chi connectivity index (χ0) is 16.2. The molecule has 3 rings (SSSR count). The molecule has 0 atom stereocenters. The second-order valence-electron chi connectivity index (χ2n) is 4.85. The third-order valence-corrected chi connectivity index (χ3v) is 4.60. The van der Waals surface area contributed by atoms with Gasteiger partial charge < -0.3 is 4.74 Å². The van der Waals surface area contributed by atoms with Crippen molar-refractivity contribution in [2.45, 2.75) is 6.92 Å². The SMILES string of the molecule is CCOc1ccc(N2C(=O)C(=Cc3ccccc3)SC2=S)cc1. The summed E-state index contributed by atoms with van der Waals surface area (Å²) in [6.45, 7) is 2.55. The van der Waals surface area contributed by atoms with Gasteiger partial charge in [0.05, 0.1) is 17.2 Å². The Hall–Kier alpha value is -2.11. The summed E-state index contributed by atoms with van der Waals surface area (Å²) in [4.78, 5) is 14.8. The highest BCUT2D eigenvalue weighted by molar-refractivity contribution is 8.27. The summed E-state index contributed by atoms with van der Waals surface area (Å²) >= 11 is 6.70. The number of benzene rings is 2. The van der Waals surface area contributed by atoms with Gasteiger partial charge in [0.25, 0.3) is 5.91 Å². The average molecular weight is 341 g/mol. The molecular weight excluding hydrogens is 326 g/mol. The minimum atomic E-state index is -0.0898. The topological polar surface area (TPSA) is 29.5 Å². The van der Waals surface area contributed by atoms with Gasteiger partial charge in [0, 0.05) is 0 Å². The first-order valence-corrected chi connectivity index (χ1v) is 8.47. The molecule has 1 aliphatic rings. The van der Waals surface area contributed by atoms with Crippen LogP contribution in [0.2, 0.25) is 0 Å². The molecule has 116 valence electrons. The van der Waals surface area contributed by atoms with Crippen molar-refractivity contribution in [3.8, 4) is 5.75 Å². The van der Waals surface area contributed by atoms with Gasteiger partial charge in [-0.05, 0) is 42.8 Å². The number of carbonyl (C=O) groups excluding carboxylic acids is 1. The van der Waals surface area contributed by atoms with Crippen molar-refractivity contribution in [3.63, 3.8) is 0 Å². The Morgan fingerprint density at radius 3 is 2.48 bits per heavy atom. The molecule has 1 heterocycles. The molecule has 0 bridgehead atoms. The van der Waals surface area contributed by atoms with Crippen LogP contribution in [-0.4, -0.2) is 16.8 Å². The minimum absolute atomic E-state index is 0.0898. The number of nitrogens with zero attached hydrogens (tertiary/aromatic N) is 1. The van der Waals surface area contributed by atoms with E-state index in [0.29, 0.717) is 15.8 Å². The molecule has 1 amide bonds. The summed E-state index contributed by atoms with van der Waals surface area (Å²) in [6.07, 6.45) is 1.87. The molecular formula is C18H15NO2S2. The van der Waals surface area contributed by atoms with Crippen molar-refractivity contribution >= 4 is 46.0 Å². The summed E-state index contributed by atoms with van der Waals surface area (Å²) in [5, 5.41) is 0. The van der Waals surface area contributed by atoms with Crippen molar-refractivity contribution in [1.82, 2.24) is 0 Å². The monoisotopic (exact) mass is 341 g/mol. The van der Waals surface area contributed by atoms with Crippen LogP contribution in [0.3, 0.4) is 0 Å². The number of ether oxygens (including phenoxy) is 1. The lowest BCUT2D eigenvalue weighted by molar-refractivity contribution is -0.113. The Bertz CT molecular complexity index is 754. The Balaban J connectivity index is 1.85. The molecule has 0 N–H and O–H groups in total. The molecule has 23 heavy (non-hydrogen) atoms. The van der Waals surface area contributed by atoms with Crippen molar-refractivity contribution in [2.75, 3.05) is 11.5 Å². The zero-order valence-corrected chi connectivity index (χ0v) is 14.2. The fourth-order valence-electron chi connectivity index (χ4n) is 2.25. The van der Waals surface area contributed by atoms with E-state index in [1.807, 2.05) is 67.6 Å². The fourth-order valence-corrected chi connectivity index (χ4v) is 3.55. The van der Waals surface area contributed by atoms with Crippen LogP contribution in [0, 0.1) is 0 Å². The molecule has 0 aromatic heterocycles. The molecule has 0 unspecified atom stereocenters. The van der Waals surface area contributed by atoms with Crippen molar-refractivity contribution < 1.29 is 9.53 Å². The Labute approximate surface area is 144 Å². The highest BCUT2D eigenvalue weighted by atomic mass is 32.2. The maximum Gasteiger partial charge on any atom is 0.270 e. The number of rotatable bonds is 4. The maximum absolute atomic E-state index is 12.6. The maximum atomic E-state index is 12.6. The van der Waals surface area contributed by atoms with Crippen LogP contribution in [-0.2, 0) is 4.79 Å². The smallest absolute Gasteiger partial charge is 0.270 e. The average Bonchev–Trinajstić information content (AvgIpc) is 2.84. The van der Waals surface area contributed by atoms with E-state index in [4.69, 9.17) is 17.0 Å². The van der Waals surface area contributed by atoms with Crippen LogP contribution in [0.25, 0.3) is 6.08 Å². The van der Waals surface area contributed by atoms with Gasteiger partial charge in [0.15, 0.2) is 4.32 Å². The molecule has 0 radical (unpaired) electrons. The van der Waals surface area contributed by atoms with E-state index in [0.717, 1.165) is 17.0 Å². The summed E-state index contributed by atoms with van der Waals surface area (Å²) < 4.78 is 5.97. The number of carbonyl (C=O) groups is 1. The van der Waals surface area contributed by atoms with Gasteiger partial charge in [0.2, 0.25) is 0 Å². The molecule has 0 spiro atoms. The molecule has 0 saturated carbocycles. The van der Waals surface area contributed by atoms with Gasteiger partial charge in [-0.1, -0.05) is 54.3 Å². The Morgan fingerprint density at radius 1 is 1.13 bits per heavy atom. The molecule has 1 saturated heterocycles. The second kappa shape index (κ2) is 6.98. The summed E-state index contributed by atoms with van der Waals surface area (Å²) in [6, 6.07) is 17.1. The number of hydrogen-bond donors (Lipinski definition) is 0. The summed E-state index contributed by atoms with van der Waals surface area (Å²) in [5.74, 6) is 0.689. The van der Waals surface area contributed by atoms with E-state index in [-0.39, 0.29) is 5.91 Å². The van der Waals surface area contributed by atoms with E-state index in [1.165, 1.54) is 11.8 Å². The zero-order valence-electron chi connectivity index (χ0n) is 12.6. The number of anilines is 1. The quantitative estimate of drug-likeness (QED) is 0.605. The van der Waals surface area contributed by atoms with Crippen LogP contribution >= 0.6 is 24.0 Å². The van der Waals surface area contributed by atoms with Crippen molar-refractivity contribution in [3.05, 3.63) is 65.1 Å². The normalized spacial score (nSPS) is 16.2. The van der Waals surface area contributed by atoms with Gasteiger partial charge in [-0.15, -0.1) is 0 Å². The van der Waals surface area contributed by atoms with E-state index in [9.17, 15) is 4.79 Å². The van der Waals surface area contributed by atoms with E-state index in [1.54, 1.807) is 4.90 Å². The van der Waals surface area contributed by atoms with E-state index in [2.05, 4.69) is 0 Å². The fraction of sp³-hybridized carbons (Fsp3) is 0.111. The van der Waals surface area contributed by atoms with Gasteiger partial charge in [-0.3, -0.25) is 9.69 Å². The number of amides is 1. The number of hydrogen-bond acceptors (Lipinski definition) is 4. The Morgan fingerprint density at radius 2 is 1.83 bits per heavy atom. The van der Waals surface area contributed by atoms with Crippen molar-refractivity contribution in [1.29, 1.82) is 0 Å². The first kappa shape index (κ1) is 15.8. The molecule has 1 aliphatic heterocycles. The minimum Gasteiger partial charge on any atom is -0.494 e. The van der Waals surface area contributed by atoms with Gasteiger partial charge in [-0.25, -0.2) is 0 Å². The van der Waals surface area contributed by atoms with Gasteiger partial charge >= 0.3 is 0 Å². The predicted molar refractivity (Wildman–Crippen MR) is 99.7 cm³/mol. The standard InChI is InChI=1S/C18H15NO2S2/c1-2-21-15-10-8-14(9-11-15)19-17(20)16(23-18(19)22)12-13-6-4-3-5-7-13/h3-12H,2H2,1H3. The summed E-state index contributed by atoms with van der Waals surface area (Å²) in [5.41, 5.74) is 1.74.